The van der Waals surface area contributed by atoms with Crippen molar-refractivity contribution in [3.8, 4) is 0 Å². The average Bonchev–Trinajstić information content (AvgIpc) is 2.40. The molecule has 2 N–H and O–H groups in total. The summed E-state index contributed by atoms with van der Waals surface area (Å²) in [4.78, 5) is 21.9. The highest BCUT2D eigenvalue weighted by atomic mass is 35.5. The third kappa shape index (κ3) is 4.08. The van der Waals surface area contributed by atoms with Gasteiger partial charge in [-0.2, -0.15) is 0 Å². The van der Waals surface area contributed by atoms with Crippen LogP contribution in [0.2, 0.25) is 10.0 Å². The standard InChI is InChI=1S/C13H9Cl2N3O3/c14-8-2-1-3-9(6-8)16-13(19)17-10-4-5-11(15)12(7-10)18(20)21/h1-7H,(H2,16,17,19). The van der Waals surface area contributed by atoms with E-state index >= 15 is 0 Å². The van der Waals surface area contributed by atoms with Gasteiger partial charge in [0.2, 0.25) is 0 Å². The molecule has 0 saturated heterocycles. The number of carbonyl (C=O) groups excluding carboxylic acids is 1. The van der Waals surface area contributed by atoms with Crippen molar-refractivity contribution in [1.29, 1.82) is 0 Å². The molecule has 8 heteroatoms. The summed E-state index contributed by atoms with van der Waals surface area (Å²) >= 11 is 11.5. The Morgan fingerprint density at radius 1 is 1.05 bits per heavy atom. The molecule has 0 radical (unpaired) electrons. The van der Waals surface area contributed by atoms with Crippen LogP contribution in [0.25, 0.3) is 0 Å². The molecule has 0 aliphatic rings. The van der Waals surface area contributed by atoms with Crippen molar-refractivity contribution in [3.63, 3.8) is 0 Å². The van der Waals surface area contributed by atoms with Crippen LogP contribution in [-0.4, -0.2) is 11.0 Å². The molecule has 0 spiro atoms. The second-order valence-corrected chi connectivity index (χ2v) is 4.86. The van der Waals surface area contributed by atoms with Crippen LogP contribution in [0.5, 0.6) is 0 Å². The Morgan fingerprint density at radius 3 is 2.33 bits per heavy atom. The lowest BCUT2D eigenvalue weighted by atomic mass is 10.3. The number of anilines is 2. The quantitative estimate of drug-likeness (QED) is 0.641. The number of nitrogens with zero attached hydrogens (tertiary/aromatic N) is 1. The molecule has 0 aliphatic heterocycles. The number of amides is 2. The van der Waals surface area contributed by atoms with Crippen LogP contribution in [0, 0.1) is 10.1 Å². The smallest absolute Gasteiger partial charge is 0.308 e. The molecule has 0 fully saturated rings. The number of benzene rings is 2. The lowest BCUT2D eigenvalue weighted by molar-refractivity contribution is -0.384. The van der Waals surface area contributed by atoms with Crippen LogP contribution in [0.3, 0.4) is 0 Å². The molecule has 0 aliphatic carbocycles. The van der Waals surface area contributed by atoms with Crippen molar-refractivity contribution in [2.75, 3.05) is 10.6 Å². The first-order chi connectivity index (χ1) is 9.95. The van der Waals surface area contributed by atoms with E-state index in [-0.39, 0.29) is 16.4 Å². The molecule has 2 aromatic rings. The van der Waals surface area contributed by atoms with Gasteiger partial charge in [0, 0.05) is 22.5 Å². The van der Waals surface area contributed by atoms with Gasteiger partial charge in [-0.05, 0) is 30.3 Å². The first-order valence-electron chi connectivity index (χ1n) is 5.73. The first kappa shape index (κ1) is 15.1. The summed E-state index contributed by atoms with van der Waals surface area (Å²) in [6.45, 7) is 0. The fourth-order valence-electron chi connectivity index (χ4n) is 1.59. The molecule has 6 nitrogen and oxygen atoms in total. The lowest BCUT2D eigenvalue weighted by Gasteiger charge is -2.08. The number of rotatable bonds is 3. The Labute approximate surface area is 129 Å². The Kier molecular flexibility index (Phi) is 4.62. The van der Waals surface area contributed by atoms with Crippen molar-refractivity contribution in [1.82, 2.24) is 0 Å². The highest BCUT2D eigenvalue weighted by Crippen LogP contribution is 2.27. The maximum absolute atomic E-state index is 11.8. The Hall–Kier alpha value is -2.31. The van der Waals surface area contributed by atoms with Crippen LogP contribution in [0.4, 0.5) is 21.9 Å². The van der Waals surface area contributed by atoms with E-state index in [2.05, 4.69) is 10.6 Å². The number of nitro groups is 1. The van der Waals surface area contributed by atoms with Crippen LogP contribution in [0.15, 0.2) is 42.5 Å². The molecule has 21 heavy (non-hydrogen) atoms. The first-order valence-corrected chi connectivity index (χ1v) is 6.49. The molecular weight excluding hydrogens is 317 g/mol. The van der Waals surface area contributed by atoms with E-state index in [1.54, 1.807) is 24.3 Å². The summed E-state index contributed by atoms with van der Waals surface area (Å²) in [5, 5.41) is 16.3. The molecule has 2 rings (SSSR count). The van der Waals surface area contributed by atoms with E-state index < -0.39 is 11.0 Å². The van der Waals surface area contributed by atoms with Gasteiger partial charge < -0.3 is 10.6 Å². The number of urea groups is 1. The highest BCUT2D eigenvalue weighted by molar-refractivity contribution is 6.32. The minimum absolute atomic E-state index is 0.000740. The molecule has 0 atom stereocenters. The normalized spacial score (nSPS) is 10.0. The number of hydrogen-bond donors (Lipinski definition) is 2. The number of nitro benzene ring substituents is 1. The van der Waals surface area contributed by atoms with Gasteiger partial charge in [0.1, 0.15) is 5.02 Å². The summed E-state index contributed by atoms with van der Waals surface area (Å²) in [6.07, 6.45) is 0. The predicted molar refractivity (Wildman–Crippen MR) is 82.2 cm³/mol. The zero-order valence-corrected chi connectivity index (χ0v) is 12.0. The van der Waals surface area contributed by atoms with Gasteiger partial charge in [0.15, 0.2) is 0 Å². The average molecular weight is 326 g/mol. The third-order valence-corrected chi connectivity index (χ3v) is 3.04. The monoisotopic (exact) mass is 325 g/mol. The zero-order valence-electron chi connectivity index (χ0n) is 10.5. The van der Waals surface area contributed by atoms with Gasteiger partial charge in [-0.3, -0.25) is 10.1 Å². The van der Waals surface area contributed by atoms with Crippen molar-refractivity contribution in [2.45, 2.75) is 0 Å². The van der Waals surface area contributed by atoms with E-state index in [9.17, 15) is 14.9 Å². The number of nitrogens with one attached hydrogen (secondary N) is 2. The predicted octanol–water partition coefficient (Wildman–Crippen LogP) is 4.55. The summed E-state index contributed by atoms with van der Waals surface area (Å²) in [5.41, 5.74) is 0.478. The van der Waals surface area contributed by atoms with Crippen molar-refractivity contribution in [2.24, 2.45) is 0 Å². The highest BCUT2D eigenvalue weighted by Gasteiger charge is 2.13. The summed E-state index contributed by atoms with van der Waals surface area (Å²) < 4.78 is 0. The van der Waals surface area contributed by atoms with Crippen molar-refractivity contribution in [3.05, 3.63) is 62.6 Å². The maximum atomic E-state index is 11.8. The Bertz CT molecular complexity index is 707. The van der Waals surface area contributed by atoms with E-state index in [1.807, 2.05) is 0 Å². The maximum Gasteiger partial charge on any atom is 0.323 e. The number of carbonyl (C=O) groups is 1. The van der Waals surface area contributed by atoms with Crippen LogP contribution < -0.4 is 10.6 Å². The lowest BCUT2D eigenvalue weighted by Crippen LogP contribution is -2.19. The molecule has 0 heterocycles. The van der Waals surface area contributed by atoms with E-state index in [1.165, 1.54) is 18.2 Å². The minimum Gasteiger partial charge on any atom is -0.308 e. The second kappa shape index (κ2) is 6.43. The van der Waals surface area contributed by atoms with Crippen LogP contribution in [-0.2, 0) is 0 Å². The van der Waals surface area contributed by atoms with Crippen LogP contribution in [0.1, 0.15) is 0 Å². The third-order valence-electron chi connectivity index (χ3n) is 2.48. The molecule has 0 saturated carbocycles. The number of hydrogen-bond acceptors (Lipinski definition) is 3. The largest absolute Gasteiger partial charge is 0.323 e. The Morgan fingerprint density at radius 2 is 1.71 bits per heavy atom. The fourth-order valence-corrected chi connectivity index (χ4v) is 1.97. The number of halogens is 2. The second-order valence-electron chi connectivity index (χ2n) is 4.01. The van der Waals surface area contributed by atoms with E-state index in [4.69, 9.17) is 23.2 Å². The molecule has 108 valence electrons. The minimum atomic E-state index is -0.623. The molecule has 0 unspecified atom stereocenters. The van der Waals surface area contributed by atoms with Crippen molar-refractivity contribution < 1.29 is 9.72 Å². The zero-order chi connectivity index (χ0) is 15.4. The molecule has 2 aromatic carbocycles. The van der Waals surface area contributed by atoms with Gasteiger partial charge in [-0.25, -0.2) is 4.79 Å². The molecular formula is C13H9Cl2N3O3. The molecule has 0 bridgehead atoms. The summed E-state index contributed by atoms with van der Waals surface area (Å²) in [6, 6.07) is 10.0. The van der Waals surface area contributed by atoms with E-state index in [0.717, 1.165) is 0 Å². The fraction of sp³-hybridized carbons (Fsp3) is 0. The SMILES string of the molecule is O=C(Nc1cccc(Cl)c1)Nc1ccc(Cl)c([N+](=O)[O-])c1. The topological polar surface area (TPSA) is 84.3 Å². The Balaban J connectivity index is 2.09. The summed E-state index contributed by atoms with van der Waals surface area (Å²) in [7, 11) is 0. The summed E-state index contributed by atoms with van der Waals surface area (Å²) in [5.74, 6) is 0. The van der Waals surface area contributed by atoms with Gasteiger partial charge in [0.05, 0.1) is 4.92 Å². The molecule has 2 amide bonds. The van der Waals surface area contributed by atoms with Gasteiger partial charge in [0.25, 0.3) is 5.69 Å². The van der Waals surface area contributed by atoms with Gasteiger partial charge in [-0.15, -0.1) is 0 Å². The molecule has 0 aromatic heterocycles. The van der Waals surface area contributed by atoms with Gasteiger partial charge in [-0.1, -0.05) is 29.3 Å². The van der Waals surface area contributed by atoms with Crippen LogP contribution >= 0.6 is 23.2 Å². The van der Waals surface area contributed by atoms with Gasteiger partial charge >= 0.3 is 6.03 Å². The van der Waals surface area contributed by atoms with Crippen molar-refractivity contribution >= 4 is 46.3 Å². The van der Waals surface area contributed by atoms with E-state index in [0.29, 0.717) is 10.7 Å².